The Bertz CT molecular complexity index is 658. The number of rotatable bonds is 6. The van der Waals surface area contributed by atoms with E-state index in [9.17, 15) is 4.79 Å². The van der Waals surface area contributed by atoms with Crippen LogP contribution in [-0.4, -0.2) is 37.5 Å². The molecule has 2 aromatic rings. The van der Waals surface area contributed by atoms with E-state index in [1.807, 2.05) is 72.6 Å². The van der Waals surface area contributed by atoms with Gasteiger partial charge in [0.2, 0.25) is 6.10 Å². The summed E-state index contributed by atoms with van der Waals surface area (Å²) >= 11 is 0. The number of carbonyl (C=O) groups excluding carboxylic acids is 1. The number of ether oxygens (including phenoxy) is 1. The number of carbonyl (C=O) groups is 1. The Morgan fingerprint density at radius 2 is 1.84 bits per heavy atom. The predicted octanol–water partition coefficient (Wildman–Crippen LogP) is 3.26. The second-order valence-electron chi connectivity index (χ2n) is 6.57. The monoisotopic (exact) mass is 338 g/mol. The summed E-state index contributed by atoms with van der Waals surface area (Å²) in [7, 11) is 1.96. The van der Waals surface area contributed by atoms with Gasteiger partial charge >= 0.3 is 0 Å². The minimum atomic E-state index is -0.600. The van der Waals surface area contributed by atoms with Gasteiger partial charge in [0.15, 0.2) is 0 Å². The Morgan fingerprint density at radius 1 is 1.16 bits per heavy atom. The topological polar surface area (TPSA) is 41.6 Å². The van der Waals surface area contributed by atoms with E-state index in [-0.39, 0.29) is 5.91 Å². The van der Waals surface area contributed by atoms with Crippen molar-refractivity contribution in [1.82, 2.24) is 10.2 Å². The first-order valence-electron chi connectivity index (χ1n) is 8.98. The molecule has 1 N–H and O–H groups in total. The van der Waals surface area contributed by atoms with Crippen LogP contribution in [0.25, 0.3) is 0 Å². The number of amides is 1. The third-order valence-corrected chi connectivity index (χ3v) is 4.65. The van der Waals surface area contributed by atoms with Crippen molar-refractivity contribution in [3.05, 3.63) is 66.2 Å². The van der Waals surface area contributed by atoms with Gasteiger partial charge in [-0.2, -0.15) is 0 Å². The highest BCUT2D eigenvalue weighted by Crippen LogP contribution is 2.26. The zero-order valence-electron chi connectivity index (χ0n) is 14.7. The number of nitrogens with zero attached hydrogens (tertiary/aromatic N) is 1. The summed E-state index contributed by atoms with van der Waals surface area (Å²) in [6.45, 7) is 2.54. The van der Waals surface area contributed by atoms with Crippen molar-refractivity contribution in [3.63, 3.8) is 0 Å². The molecule has 132 valence electrons. The van der Waals surface area contributed by atoms with Crippen molar-refractivity contribution in [3.8, 4) is 5.75 Å². The van der Waals surface area contributed by atoms with Gasteiger partial charge in [0.25, 0.3) is 5.91 Å². The highest BCUT2D eigenvalue weighted by Gasteiger charge is 2.31. The van der Waals surface area contributed by atoms with Gasteiger partial charge in [-0.1, -0.05) is 48.5 Å². The van der Waals surface area contributed by atoms with Crippen LogP contribution in [0.3, 0.4) is 0 Å². The quantitative estimate of drug-likeness (QED) is 0.879. The molecule has 1 saturated heterocycles. The largest absolute Gasteiger partial charge is 0.476 e. The summed E-state index contributed by atoms with van der Waals surface area (Å²) in [5, 5.41) is 3.23. The summed E-state index contributed by atoms with van der Waals surface area (Å²) in [5.74, 6) is 1.28. The average molecular weight is 338 g/mol. The normalized spacial score (nSPS) is 18.6. The van der Waals surface area contributed by atoms with Crippen molar-refractivity contribution in [2.24, 2.45) is 5.92 Å². The summed E-state index contributed by atoms with van der Waals surface area (Å²) < 4.78 is 6.10. The highest BCUT2D eigenvalue weighted by atomic mass is 16.5. The van der Waals surface area contributed by atoms with Crippen molar-refractivity contribution < 1.29 is 9.53 Å². The van der Waals surface area contributed by atoms with Crippen LogP contribution >= 0.6 is 0 Å². The SMILES string of the molecule is CNCC1CCCN(C(=O)C(Oc2ccccc2)c2ccccc2)C1. The van der Waals surface area contributed by atoms with Gasteiger partial charge in [-0.15, -0.1) is 0 Å². The number of benzene rings is 2. The molecule has 1 aliphatic heterocycles. The van der Waals surface area contributed by atoms with Gasteiger partial charge in [-0.25, -0.2) is 0 Å². The lowest BCUT2D eigenvalue weighted by Gasteiger charge is -2.35. The first kappa shape index (κ1) is 17.5. The third kappa shape index (κ3) is 4.60. The number of likely N-dealkylation sites (tertiary alicyclic amines) is 1. The van der Waals surface area contributed by atoms with Gasteiger partial charge in [-0.05, 0) is 44.5 Å². The van der Waals surface area contributed by atoms with E-state index in [4.69, 9.17) is 4.74 Å². The molecule has 0 bridgehead atoms. The summed E-state index contributed by atoms with van der Waals surface area (Å²) in [6.07, 6.45) is 1.61. The molecule has 25 heavy (non-hydrogen) atoms. The molecule has 1 aliphatic rings. The molecule has 0 saturated carbocycles. The van der Waals surface area contributed by atoms with Crippen molar-refractivity contribution >= 4 is 5.91 Å². The van der Waals surface area contributed by atoms with Crippen molar-refractivity contribution in [1.29, 1.82) is 0 Å². The van der Waals surface area contributed by atoms with Crippen LogP contribution in [0.4, 0.5) is 0 Å². The standard InChI is InChI=1S/C21H26N2O2/c1-22-15-17-9-8-14-23(16-17)21(24)20(18-10-4-2-5-11-18)25-19-12-6-3-7-13-19/h2-7,10-13,17,20,22H,8-9,14-16H2,1H3. The number of para-hydroxylation sites is 1. The van der Waals surface area contributed by atoms with Crippen LogP contribution in [0.2, 0.25) is 0 Å². The maximum absolute atomic E-state index is 13.2. The molecular formula is C21H26N2O2. The molecule has 1 fully saturated rings. The smallest absolute Gasteiger partial charge is 0.268 e. The molecule has 3 rings (SSSR count). The number of hydrogen-bond donors (Lipinski definition) is 1. The molecule has 1 amide bonds. The van der Waals surface area contributed by atoms with E-state index in [0.29, 0.717) is 11.7 Å². The lowest BCUT2D eigenvalue weighted by atomic mass is 9.97. The van der Waals surface area contributed by atoms with Crippen LogP contribution in [0.15, 0.2) is 60.7 Å². The summed E-state index contributed by atoms with van der Waals surface area (Å²) in [4.78, 5) is 15.2. The van der Waals surface area contributed by atoms with Crippen molar-refractivity contribution in [2.75, 3.05) is 26.7 Å². The van der Waals surface area contributed by atoms with Gasteiger partial charge in [0.1, 0.15) is 5.75 Å². The zero-order valence-corrected chi connectivity index (χ0v) is 14.7. The maximum atomic E-state index is 13.2. The lowest BCUT2D eigenvalue weighted by molar-refractivity contribution is -0.140. The highest BCUT2D eigenvalue weighted by molar-refractivity contribution is 5.82. The van der Waals surface area contributed by atoms with E-state index < -0.39 is 6.10 Å². The molecule has 2 aromatic carbocycles. The number of nitrogens with one attached hydrogen (secondary N) is 1. The number of piperidine rings is 1. The Labute approximate surface area is 149 Å². The van der Waals surface area contributed by atoms with Crippen LogP contribution in [-0.2, 0) is 4.79 Å². The summed E-state index contributed by atoms with van der Waals surface area (Å²) in [6, 6.07) is 19.3. The molecular weight excluding hydrogens is 312 g/mol. The predicted molar refractivity (Wildman–Crippen MR) is 99.5 cm³/mol. The average Bonchev–Trinajstić information content (AvgIpc) is 2.68. The molecule has 2 atom stereocenters. The zero-order chi connectivity index (χ0) is 17.5. The Kier molecular flexibility index (Phi) is 6.07. The van der Waals surface area contributed by atoms with E-state index in [1.165, 1.54) is 6.42 Å². The Morgan fingerprint density at radius 3 is 2.52 bits per heavy atom. The van der Waals surface area contributed by atoms with Crippen LogP contribution in [0.5, 0.6) is 5.75 Å². The van der Waals surface area contributed by atoms with E-state index in [2.05, 4.69) is 5.32 Å². The van der Waals surface area contributed by atoms with Crippen LogP contribution < -0.4 is 10.1 Å². The molecule has 0 radical (unpaired) electrons. The number of hydrogen-bond acceptors (Lipinski definition) is 3. The van der Waals surface area contributed by atoms with E-state index in [0.717, 1.165) is 31.6 Å². The molecule has 4 heteroatoms. The minimum absolute atomic E-state index is 0.0517. The van der Waals surface area contributed by atoms with Gasteiger partial charge < -0.3 is 15.0 Å². The molecule has 2 unspecified atom stereocenters. The Balaban J connectivity index is 1.79. The van der Waals surface area contributed by atoms with Gasteiger partial charge in [0.05, 0.1) is 0 Å². The van der Waals surface area contributed by atoms with Gasteiger partial charge in [0, 0.05) is 18.7 Å². The van der Waals surface area contributed by atoms with Crippen LogP contribution in [0, 0.1) is 5.92 Å². The minimum Gasteiger partial charge on any atom is -0.476 e. The molecule has 0 aromatic heterocycles. The molecule has 0 aliphatic carbocycles. The van der Waals surface area contributed by atoms with Gasteiger partial charge in [-0.3, -0.25) is 4.79 Å². The van der Waals surface area contributed by atoms with Crippen LogP contribution in [0.1, 0.15) is 24.5 Å². The first-order valence-corrected chi connectivity index (χ1v) is 8.98. The molecule has 4 nitrogen and oxygen atoms in total. The van der Waals surface area contributed by atoms with E-state index in [1.54, 1.807) is 0 Å². The second kappa shape index (κ2) is 8.67. The fourth-order valence-corrected chi connectivity index (χ4v) is 3.41. The third-order valence-electron chi connectivity index (χ3n) is 4.65. The molecule has 1 heterocycles. The molecule has 0 spiro atoms. The second-order valence-corrected chi connectivity index (χ2v) is 6.57. The van der Waals surface area contributed by atoms with Crippen molar-refractivity contribution in [2.45, 2.75) is 18.9 Å². The fraction of sp³-hybridized carbons (Fsp3) is 0.381. The Hall–Kier alpha value is -2.33. The first-order chi connectivity index (χ1) is 12.3. The maximum Gasteiger partial charge on any atom is 0.268 e. The lowest BCUT2D eigenvalue weighted by Crippen LogP contribution is -2.45. The van der Waals surface area contributed by atoms with E-state index >= 15 is 0 Å². The fourth-order valence-electron chi connectivity index (χ4n) is 3.41. The summed E-state index contributed by atoms with van der Waals surface area (Å²) in [5.41, 5.74) is 0.895.